The quantitative estimate of drug-likeness (QED) is 0.520. The van der Waals surface area contributed by atoms with Gasteiger partial charge in [0.2, 0.25) is 0 Å². The first-order valence-electron chi connectivity index (χ1n) is 6.12. The molecule has 1 aromatic heterocycles. The molecule has 1 amide bonds. The van der Waals surface area contributed by atoms with Gasteiger partial charge in [-0.3, -0.25) is 4.79 Å². The third-order valence-electron chi connectivity index (χ3n) is 2.86. The Hall–Kier alpha value is -1.30. The number of rotatable bonds is 5. The van der Waals surface area contributed by atoms with Gasteiger partial charge in [-0.2, -0.15) is 0 Å². The molecule has 0 radical (unpaired) electrons. The maximum Gasteiger partial charge on any atom is 0.326 e. The summed E-state index contributed by atoms with van der Waals surface area (Å²) in [6.45, 7) is 0. The molecule has 0 aliphatic rings. The lowest BCUT2D eigenvalue weighted by atomic mass is 10.1. The second-order valence-electron chi connectivity index (χ2n) is 4.45. The number of halogens is 2. The molecule has 0 fully saturated rings. The molecule has 0 spiro atoms. The van der Waals surface area contributed by atoms with Crippen molar-refractivity contribution in [3.8, 4) is 5.75 Å². The van der Waals surface area contributed by atoms with Gasteiger partial charge in [0.25, 0.3) is 5.91 Å². The van der Waals surface area contributed by atoms with Crippen LogP contribution < -0.4 is 5.32 Å². The smallest absolute Gasteiger partial charge is 0.326 e. The molecule has 1 heterocycles. The zero-order valence-corrected chi connectivity index (χ0v) is 15.4. The van der Waals surface area contributed by atoms with Gasteiger partial charge in [-0.25, -0.2) is 4.79 Å². The van der Waals surface area contributed by atoms with Crippen molar-refractivity contribution in [3.63, 3.8) is 0 Å². The van der Waals surface area contributed by atoms with E-state index in [0.29, 0.717) is 12.7 Å². The van der Waals surface area contributed by atoms with E-state index in [1.54, 1.807) is 18.2 Å². The van der Waals surface area contributed by atoms with E-state index < -0.39 is 17.9 Å². The minimum absolute atomic E-state index is 0.0566. The number of carbonyl (C=O) groups is 2. The number of carbonyl (C=O) groups excluding carboxylic acids is 1. The van der Waals surface area contributed by atoms with Crippen LogP contribution in [-0.2, 0) is 11.2 Å². The van der Waals surface area contributed by atoms with Crippen molar-refractivity contribution in [1.82, 2.24) is 5.32 Å². The molecule has 3 N–H and O–H groups in total. The molecule has 0 aliphatic heterocycles. The van der Waals surface area contributed by atoms with Gasteiger partial charge in [0.1, 0.15) is 11.8 Å². The van der Waals surface area contributed by atoms with Crippen LogP contribution in [0.15, 0.2) is 34.9 Å². The Balaban J connectivity index is 2.16. The van der Waals surface area contributed by atoms with Crippen molar-refractivity contribution < 1.29 is 24.2 Å². The fourth-order valence-electron chi connectivity index (χ4n) is 1.81. The highest BCUT2D eigenvalue weighted by atomic mass is 127. The van der Waals surface area contributed by atoms with Crippen molar-refractivity contribution in [2.75, 3.05) is 0 Å². The Bertz CT molecular complexity index is 676. The molecule has 0 bridgehead atoms. The fourth-order valence-corrected chi connectivity index (χ4v) is 3.71. The van der Waals surface area contributed by atoms with E-state index in [-0.39, 0.29) is 17.9 Å². The molecule has 2 rings (SSSR count). The molecule has 1 unspecified atom stereocenters. The summed E-state index contributed by atoms with van der Waals surface area (Å²) in [6, 6.07) is 5.30. The largest absolute Gasteiger partial charge is 0.506 e. The molecule has 8 heteroatoms. The summed E-state index contributed by atoms with van der Waals surface area (Å²) in [5, 5.41) is 21.4. The summed E-state index contributed by atoms with van der Waals surface area (Å²) in [4.78, 5) is 23.2. The van der Waals surface area contributed by atoms with E-state index >= 15 is 0 Å². The lowest BCUT2D eigenvalue weighted by Gasteiger charge is -2.14. The Morgan fingerprint density at radius 1 is 1.27 bits per heavy atom. The third kappa shape index (κ3) is 4.12. The van der Waals surface area contributed by atoms with Gasteiger partial charge in [0, 0.05) is 6.42 Å². The van der Waals surface area contributed by atoms with Gasteiger partial charge in [-0.15, -0.1) is 0 Å². The number of hydrogen-bond donors (Lipinski definition) is 3. The molecule has 1 atom stereocenters. The number of benzene rings is 1. The predicted octanol–water partition coefficient (Wildman–Crippen LogP) is 2.62. The molecule has 0 saturated carbocycles. The Kier molecular flexibility index (Phi) is 5.67. The average Bonchev–Trinajstić information content (AvgIpc) is 2.98. The van der Waals surface area contributed by atoms with Crippen LogP contribution in [-0.4, -0.2) is 28.1 Å². The van der Waals surface area contributed by atoms with Crippen molar-refractivity contribution in [2.45, 2.75) is 12.5 Å². The minimum Gasteiger partial charge on any atom is -0.506 e. The number of carboxylic acids is 1. The standard InChI is InChI=1S/C14H11I2NO5/c15-8-4-7(5-9(16)12(8)18)6-10(14(20)21)17-13(19)11-2-1-3-22-11/h1-5,10,18H,6H2,(H,17,19)(H,20,21). The van der Waals surface area contributed by atoms with Crippen molar-refractivity contribution in [1.29, 1.82) is 0 Å². The molecular formula is C14H11I2NO5. The lowest BCUT2D eigenvalue weighted by Crippen LogP contribution is -2.42. The minimum atomic E-state index is -1.14. The molecular weight excluding hydrogens is 516 g/mol. The maximum atomic E-state index is 11.9. The zero-order valence-electron chi connectivity index (χ0n) is 11.0. The van der Waals surface area contributed by atoms with Gasteiger partial charge in [-0.05, 0) is 75.0 Å². The topological polar surface area (TPSA) is 99.8 Å². The van der Waals surface area contributed by atoms with Crippen molar-refractivity contribution >= 4 is 57.1 Å². The molecule has 1 aromatic carbocycles. The SMILES string of the molecule is O=C(NC(Cc1cc(I)c(O)c(I)c1)C(=O)O)c1ccco1. The average molecular weight is 527 g/mol. The number of phenolic OH excluding ortho intramolecular Hbond substituents is 1. The number of hydrogen-bond acceptors (Lipinski definition) is 4. The van der Waals surface area contributed by atoms with Gasteiger partial charge >= 0.3 is 5.97 Å². The second kappa shape index (κ2) is 7.31. The molecule has 0 aliphatic carbocycles. The number of nitrogens with one attached hydrogen (secondary N) is 1. The fraction of sp³-hybridized carbons (Fsp3) is 0.143. The summed E-state index contributed by atoms with van der Waals surface area (Å²) in [7, 11) is 0. The van der Waals surface area contributed by atoms with E-state index in [0.717, 1.165) is 0 Å². The monoisotopic (exact) mass is 527 g/mol. The van der Waals surface area contributed by atoms with Gasteiger partial charge in [-0.1, -0.05) is 0 Å². The third-order valence-corrected chi connectivity index (χ3v) is 4.51. The molecule has 0 saturated heterocycles. The van der Waals surface area contributed by atoms with Crippen LogP contribution >= 0.6 is 45.2 Å². The number of furan rings is 1. The van der Waals surface area contributed by atoms with E-state index in [4.69, 9.17) is 4.42 Å². The van der Waals surface area contributed by atoms with E-state index in [9.17, 15) is 19.8 Å². The van der Waals surface area contributed by atoms with E-state index in [2.05, 4.69) is 5.32 Å². The summed E-state index contributed by atoms with van der Waals surface area (Å²) in [5.41, 5.74) is 0.707. The van der Waals surface area contributed by atoms with Crippen LogP contribution in [0, 0.1) is 7.14 Å². The van der Waals surface area contributed by atoms with Crippen LogP contribution in [0.4, 0.5) is 0 Å². The summed E-state index contributed by atoms with van der Waals surface area (Å²) in [5.74, 6) is -1.50. The second-order valence-corrected chi connectivity index (χ2v) is 6.78. The first-order valence-corrected chi connectivity index (χ1v) is 8.28. The maximum absolute atomic E-state index is 11.9. The zero-order chi connectivity index (χ0) is 16.3. The summed E-state index contributed by atoms with van der Waals surface area (Å²) in [6.07, 6.45) is 1.45. The highest BCUT2D eigenvalue weighted by Crippen LogP contribution is 2.27. The van der Waals surface area contributed by atoms with Crippen molar-refractivity contribution in [2.24, 2.45) is 0 Å². The van der Waals surface area contributed by atoms with E-state index in [1.807, 2.05) is 45.2 Å². The predicted molar refractivity (Wildman–Crippen MR) is 94.8 cm³/mol. The lowest BCUT2D eigenvalue weighted by molar-refractivity contribution is -0.139. The molecule has 22 heavy (non-hydrogen) atoms. The summed E-state index contributed by atoms with van der Waals surface area (Å²) >= 11 is 3.94. The number of carboxylic acid groups (broad SMARTS) is 1. The Morgan fingerprint density at radius 3 is 2.41 bits per heavy atom. The molecule has 116 valence electrons. The normalized spacial score (nSPS) is 11.9. The van der Waals surface area contributed by atoms with E-state index in [1.165, 1.54) is 12.3 Å². The Labute approximate surface area is 153 Å². The number of aliphatic carboxylic acids is 1. The highest BCUT2D eigenvalue weighted by Gasteiger charge is 2.23. The van der Waals surface area contributed by atoms with Crippen LogP contribution in [0.3, 0.4) is 0 Å². The van der Waals surface area contributed by atoms with Gasteiger partial charge in [0.05, 0.1) is 13.4 Å². The van der Waals surface area contributed by atoms with Crippen LogP contribution in [0.5, 0.6) is 5.75 Å². The highest BCUT2D eigenvalue weighted by molar-refractivity contribution is 14.1. The summed E-state index contributed by atoms with van der Waals surface area (Å²) < 4.78 is 6.19. The number of aromatic hydroxyl groups is 1. The number of amides is 1. The van der Waals surface area contributed by atoms with Gasteiger partial charge in [0.15, 0.2) is 5.76 Å². The molecule has 2 aromatic rings. The van der Waals surface area contributed by atoms with Crippen LogP contribution in [0.1, 0.15) is 16.1 Å². The molecule has 6 nitrogen and oxygen atoms in total. The first kappa shape index (κ1) is 17.1. The number of phenols is 1. The van der Waals surface area contributed by atoms with Gasteiger partial charge < -0.3 is 19.9 Å². The first-order chi connectivity index (χ1) is 10.4. The van der Waals surface area contributed by atoms with Crippen molar-refractivity contribution in [3.05, 3.63) is 49.0 Å². The van der Waals surface area contributed by atoms with Crippen LogP contribution in [0.25, 0.3) is 0 Å². The Morgan fingerprint density at radius 2 is 1.91 bits per heavy atom. The van der Waals surface area contributed by atoms with Crippen LogP contribution in [0.2, 0.25) is 0 Å².